The number of nitrogens with one attached hydrogen (secondary N) is 1. The van der Waals surface area contributed by atoms with Crippen molar-refractivity contribution in [1.82, 2.24) is 24.0 Å². The van der Waals surface area contributed by atoms with Gasteiger partial charge in [0.25, 0.3) is 5.56 Å². The molecule has 0 spiro atoms. The average molecular weight is 645 g/mol. The molecule has 1 fully saturated rings. The van der Waals surface area contributed by atoms with Gasteiger partial charge in [-0.3, -0.25) is 18.7 Å². The van der Waals surface area contributed by atoms with Gasteiger partial charge in [-0.1, -0.05) is 23.8 Å². The molecule has 1 saturated heterocycles. The van der Waals surface area contributed by atoms with E-state index >= 15 is 0 Å². The van der Waals surface area contributed by atoms with E-state index < -0.39 is 45.4 Å². The van der Waals surface area contributed by atoms with Gasteiger partial charge in [0.1, 0.15) is 11.4 Å². The molecule has 1 unspecified atom stereocenters. The molecule has 1 aliphatic rings. The van der Waals surface area contributed by atoms with E-state index in [-0.39, 0.29) is 35.1 Å². The van der Waals surface area contributed by atoms with E-state index in [2.05, 4.69) is 5.32 Å². The van der Waals surface area contributed by atoms with Gasteiger partial charge in [0.15, 0.2) is 16.9 Å². The summed E-state index contributed by atoms with van der Waals surface area (Å²) in [6.45, 7) is 9.94. The summed E-state index contributed by atoms with van der Waals surface area (Å²) in [5, 5.41) is 2.92. The van der Waals surface area contributed by atoms with Crippen LogP contribution in [0.3, 0.4) is 0 Å². The third-order valence-electron chi connectivity index (χ3n) is 7.02. The molecule has 1 amide bonds. The summed E-state index contributed by atoms with van der Waals surface area (Å²) in [5.41, 5.74) is -0.680. The molecule has 1 aromatic carbocycles. The number of hydrogen-bond acceptors (Lipinski definition) is 10. The summed E-state index contributed by atoms with van der Waals surface area (Å²) in [5.74, 6) is -0.195. The lowest BCUT2D eigenvalue weighted by Crippen LogP contribution is -2.49. The van der Waals surface area contributed by atoms with Crippen molar-refractivity contribution in [3.05, 3.63) is 62.3 Å². The lowest BCUT2D eigenvalue weighted by Gasteiger charge is -2.34. The molecular weight excluding hydrogens is 604 g/mol. The Kier molecular flexibility index (Phi) is 9.61. The summed E-state index contributed by atoms with van der Waals surface area (Å²) in [6.07, 6.45) is 3.77. The number of carbonyl (C=O) groups is 2. The number of carbonyl (C=O) groups excluding carboxylic acids is 2. The number of Topliss-reactive ketones (excluding diaryl/α,β-unsaturated/α-hetero) is 1. The Balaban J connectivity index is 1.74. The number of fused-ring (bicyclic) bond motifs is 1. The largest absolute Gasteiger partial charge is 0.444 e. The van der Waals surface area contributed by atoms with E-state index in [1.54, 1.807) is 25.3 Å². The number of piperidine rings is 1. The minimum atomic E-state index is -3.83. The predicted molar refractivity (Wildman–Crippen MR) is 170 cm³/mol. The van der Waals surface area contributed by atoms with Crippen LogP contribution in [0, 0.1) is 0 Å². The first-order chi connectivity index (χ1) is 20.9. The SMILES string of the molecule is CC(C)=CCn1c(N2CCCC(NC(=O)OC(C)(C)C)C2)nc2c1c(=O)n(CC(=O)c1cccc(OS(C)(=O)=O)c1)c(=O)n2C. The number of anilines is 1. The zero-order chi connectivity index (χ0) is 33.3. The fourth-order valence-electron chi connectivity index (χ4n) is 5.07. The highest BCUT2D eigenvalue weighted by Crippen LogP contribution is 2.24. The maximum absolute atomic E-state index is 13.9. The number of benzene rings is 1. The van der Waals surface area contributed by atoms with Crippen molar-refractivity contribution in [2.75, 3.05) is 24.2 Å². The summed E-state index contributed by atoms with van der Waals surface area (Å²) >= 11 is 0. The zero-order valence-electron chi connectivity index (χ0n) is 26.6. The smallest absolute Gasteiger partial charge is 0.407 e. The molecule has 1 N–H and O–H groups in total. The van der Waals surface area contributed by atoms with Crippen LogP contribution in [0.15, 0.2) is 45.5 Å². The first kappa shape index (κ1) is 33.5. The Morgan fingerprint density at radius 3 is 2.51 bits per heavy atom. The van der Waals surface area contributed by atoms with Crippen LogP contribution in [0.2, 0.25) is 0 Å². The molecule has 2 aromatic heterocycles. The minimum absolute atomic E-state index is 0.0653. The summed E-state index contributed by atoms with van der Waals surface area (Å²) < 4.78 is 37.2. The van der Waals surface area contributed by atoms with E-state index in [0.717, 1.165) is 29.2 Å². The van der Waals surface area contributed by atoms with Gasteiger partial charge in [-0.25, -0.2) is 9.59 Å². The standard InChI is InChI=1S/C30H40N6O8S/c1-19(2)13-15-35-24-25(32-27(35)34-14-9-11-21(17-34)31-28(39)43-30(3,4)5)33(6)29(40)36(26(24)38)18-23(37)20-10-8-12-22(16-20)44-45(7,41)42/h8,10,12-13,16,21H,9,11,14-15,17-18H2,1-7H3,(H,31,39). The molecule has 0 aliphatic carbocycles. The number of nitrogens with zero attached hydrogens (tertiary/aromatic N) is 5. The number of ether oxygens (including phenoxy) is 1. The molecule has 1 aliphatic heterocycles. The normalized spacial score (nSPS) is 15.5. The number of aryl methyl sites for hydroxylation is 1. The van der Waals surface area contributed by atoms with Gasteiger partial charge in [0.05, 0.1) is 12.8 Å². The van der Waals surface area contributed by atoms with Crippen LogP contribution in [0.5, 0.6) is 5.75 Å². The second-order valence-electron chi connectivity index (χ2n) is 12.4. The van der Waals surface area contributed by atoms with Crippen molar-refractivity contribution in [2.45, 2.75) is 72.2 Å². The molecule has 0 saturated carbocycles. The van der Waals surface area contributed by atoms with Crippen LogP contribution in [0.1, 0.15) is 57.8 Å². The Morgan fingerprint density at radius 1 is 1.16 bits per heavy atom. The lowest BCUT2D eigenvalue weighted by atomic mass is 10.1. The van der Waals surface area contributed by atoms with Crippen LogP contribution < -0.4 is 25.6 Å². The van der Waals surface area contributed by atoms with E-state index in [1.807, 2.05) is 24.8 Å². The average Bonchev–Trinajstić information content (AvgIpc) is 3.31. The quantitative estimate of drug-likeness (QED) is 0.208. The van der Waals surface area contributed by atoms with Gasteiger partial charge in [-0.2, -0.15) is 13.4 Å². The molecule has 0 radical (unpaired) electrons. The number of rotatable bonds is 9. The van der Waals surface area contributed by atoms with Gasteiger partial charge in [-0.15, -0.1) is 0 Å². The van der Waals surface area contributed by atoms with Crippen LogP contribution in [-0.4, -0.2) is 70.0 Å². The number of hydrogen-bond donors (Lipinski definition) is 1. The second-order valence-corrected chi connectivity index (χ2v) is 14.0. The Bertz CT molecular complexity index is 1880. The molecule has 1 atom stereocenters. The first-order valence-corrected chi connectivity index (χ1v) is 16.4. The highest BCUT2D eigenvalue weighted by molar-refractivity contribution is 7.86. The van der Waals surface area contributed by atoms with Crippen molar-refractivity contribution in [2.24, 2.45) is 7.05 Å². The lowest BCUT2D eigenvalue weighted by molar-refractivity contribution is 0.0499. The number of amides is 1. The maximum atomic E-state index is 13.9. The van der Waals surface area contributed by atoms with E-state index in [9.17, 15) is 27.6 Å². The van der Waals surface area contributed by atoms with Crippen LogP contribution >= 0.6 is 0 Å². The van der Waals surface area contributed by atoms with E-state index in [1.165, 1.54) is 35.9 Å². The van der Waals surface area contributed by atoms with Crippen molar-refractivity contribution in [3.8, 4) is 5.75 Å². The fourth-order valence-corrected chi connectivity index (χ4v) is 5.52. The summed E-state index contributed by atoms with van der Waals surface area (Å²) in [6, 6.07) is 5.29. The molecule has 45 heavy (non-hydrogen) atoms. The van der Waals surface area contributed by atoms with Gasteiger partial charge in [0.2, 0.25) is 5.95 Å². The van der Waals surface area contributed by atoms with Crippen molar-refractivity contribution in [3.63, 3.8) is 0 Å². The van der Waals surface area contributed by atoms with Crippen LogP contribution in [0.4, 0.5) is 10.7 Å². The van der Waals surface area contributed by atoms with Crippen LogP contribution in [-0.2, 0) is 35.0 Å². The molecule has 244 valence electrons. The number of imidazole rings is 1. The minimum Gasteiger partial charge on any atom is -0.444 e. The molecular formula is C30H40N6O8S. The first-order valence-electron chi connectivity index (χ1n) is 14.5. The van der Waals surface area contributed by atoms with Gasteiger partial charge in [0, 0.05) is 38.3 Å². The monoisotopic (exact) mass is 644 g/mol. The second kappa shape index (κ2) is 12.9. The van der Waals surface area contributed by atoms with Crippen molar-refractivity contribution >= 4 is 39.1 Å². The molecule has 4 rings (SSSR count). The summed E-state index contributed by atoms with van der Waals surface area (Å²) in [7, 11) is -2.34. The highest BCUT2D eigenvalue weighted by atomic mass is 32.2. The molecule has 3 heterocycles. The van der Waals surface area contributed by atoms with E-state index in [4.69, 9.17) is 13.9 Å². The number of alkyl carbamates (subject to hydrolysis) is 1. The highest BCUT2D eigenvalue weighted by Gasteiger charge is 2.29. The summed E-state index contributed by atoms with van der Waals surface area (Å²) in [4.78, 5) is 59.8. The topological polar surface area (TPSA) is 164 Å². The Hall–Kier alpha value is -4.40. The third-order valence-corrected chi connectivity index (χ3v) is 7.52. The van der Waals surface area contributed by atoms with Crippen molar-refractivity contribution < 1.29 is 26.9 Å². The molecule has 14 nitrogen and oxygen atoms in total. The van der Waals surface area contributed by atoms with Crippen LogP contribution in [0.25, 0.3) is 11.2 Å². The van der Waals surface area contributed by atoms with Gasteiger partial charge >= 0.3 is 21.9 Å². The van der Waals surface area contributed by atoms with Gasteiger partial charge in [-0.05, 0) is 59.6 Å². The van der Waals surface area contributed by atoms with Crippen molar-refractivity contribution in [1.29, 1.82) is 0 Å². The zero-order valence-corrected chi connectivity index (χ0v) is 27.4. The number of aromatic nitrogens is 4. The Morgan fingerprint density at radius 2 is 1.87 bits per heavy atom. The maximum Gasteiger partial charge on any atom is 0.407 e. The third kappa shape index (κ3) is 8.21. The number of ketones is 1. The fraction of sp³-hybridized carbons (Fsp3) is 0.500. The molecule has 15 heteroatoms. The Labute approximate surface area is 261 Å². The van der Waals surface area contributed by atoms with Gasteiger partial charge < -0.3 is 23.7 Å². The molecule has 3 aromatic rings. The van der Waals surface area contributed by atoms with E-state index in [0.29, 0.717) is 19.0 Å². The molecule has 0 bridgehead atoms. The predicted octanol–water partition coefficient (Wildman–Crippen LogP) is 2.58. The number of allylic oxidation sites excluding steroid dienone is 2.